The molecule has 8 heteroatoms. The van der Waals surface area contributed by atoms with E-state index in [9.17, 15) is 13.2 Å². The molecule has 1 heterocycles. The lowest BCUT2D eigenvalue weighted by Crippen LogP contribution is -2.39. The Bertz CT molecular complexity index is 584. The van der Waals surface area contributed by atoms with Crippen LogP contribution >= 0.6 is 0 Å². The van der Waals surface area contributed by atoms with Gasteiger partial charge in [-0.2, -0.15) is 13.2 Å². The molecule has 0 aliphatic carbocycles. The molecule has 1 aromatic carbocycles. The Kier molecular flexibility index (Phi) is 8.37. The number of morpholine rings is 1. The Morgan fingerprint density at radius 3 is 2.44 bits per heavy atom. The molecule has 27 heavy (non-hydrogen) atoms. The molecule has 0 radical (unpaired) electrons. The number of nitrogens with zero attached hydrogens (tertiary/aromatic N) is 3. The van der Waals surface area contributed by atoms with Crippen molar-refractivity contribution >= 4 is 5.96 Å². The van der Waals surface area contributed by atoms with Crippen LogP contribution in [0.1, 0.15) is 24.0 Å². The Morgan fingerprint density at radius 1 is 1.19 bits per heavy atom. The molecule has 0 spiro atoms. The van der Waals surface area contributed by atoms with Crippen LogP contribution in [0.15, 0.2) is 29.3 Å². The van der Waals surface area contributed by atoms with Crippen molar-refractivity contribution in [2.24, 2.45) is 4.99 Å². The fourth-order valence-corrected chi connectivity index (χ4v) is 3.02. The summed E-state index contributed by atoms with van der Waals surface area (Å²) in [6.07, 6.45) is -2.17. The van der Waals surface area contributed by atoms with Gasteiger partial charge in [-0.05, 0) is 37.1 Å². The van der Waals surface area contributed by atoms with Crippen molar-refractivity contribution in [1.82, 2.24) is 15.1 Å². The monoisotopic (exact) mass is 386 g/mol. The molecule has 152 valence electrons. The SMILES string of the molecule is CN=C(NCCCCN1CCOCC1)N(C)Cc1ccc(C(F)(F)F)cc1. The summed E-state index contributed by atoms with van der Waals surface area (Å²) in [7, 11) is 3.58. The van der Waals surface area contributed by atoms with Gasteiger partial charge in [-0.15, -0.1) is 0 Å². The molecule has 1 aromatic rings. The lowest BCUT2D eigenvalue weighted by molar-refractivity contribution is -0.137. The smallest absolute Gasteiger partial charge is 0.379 e. The van der Waals surface area contributed by atoms with Gasteiger partial charge in [-0.3, -0.25) is 9.89 Å². The topological polar surface area (TPSA) is 40.1 Å². The van der Waals surface area contributed by atoms with Crippen LogP contribution < -0.4 is 5.32 Å². The summed E-state index contributed by atoms with van der Waals surface area (Å²) < 4.78 is 43.3. The summed E-state index contributed by atoms with van der Waals surface area (Å²) in [4.78, 5) is 8.57. The van der Waals surface area contributed by atoms with Gasteiger partial charge >= 0.3 is 6.18 Å². The lowest BCUT2D eigenvalue weighted by atomic mass is 10.1. The number of halogens is 3. The van der Waals surface area contributed by atoms with Crippen molar-refractivity contribution in [1.29, 1.82) is 0 Å². The van der Waals surface area contributed by atoms with E-state index in [1.165, 1.54) is 12.1 Å². The summed E-state index contributed by atoms with van der Waals surface area (Å²) in [6.45, 7) is 6.03. The number of rotatable bonds is 7. The zero-order valence-corrected chi connectivity index (χ0v) is 16.1. The fourth-order valence-electron chi connectivity index (χ4n) is 3.02. The summed E-state index contributed by atoms with van der Waals surface area (Å²) >= 11 is 0. The maximum absolute atomic E-state index is 12.6. The Morgan fingerprint density at radius 2 is 1.85 bits per heavy atom. The number of alkyl halides is 3. The molecule has 0 amide bonds. The molecule has 1 N–H and O–H groups in total. The third kappa shape index (κ3) is 7.38. The largest absolute Gasteiger partial charge is 0.416 e. The third-order valence-corrected chi connectivity index (χ3v) is 4.56. The average molecular weight is 386 g/mol. The van der Waals surface area contributed by atoms with E-state index in [-0.39, 0.29) is 0 Å². The van der Waals surface area contributed by atoms with Gasteiger partial charge in [0.05, 0.1) is 18.8 Å². The highest BCUT2D eigenvalue weighted by Crippen LogP contribution is 2.29. The Hall–Kier alpha value is -1.80. The Labute approximate surface area is 159 Å². The number of nitrogens with one attached hydrogen (secondary N) is 1. The van der Waals surface area contributed by atoms with E-state index in [0.29, 0.717) is 6.54 Å². The van der Waals surface area contributed by atoms with Crippen LogP contribution in [0, 0.1) is 0 Å². The van der Waals surface area contributed by atoms with Gasteiger partial charge < -0.3 is 15.0 Å². The normalized spacial score (nSPS) is 16.4. The van der Waals surface area contributed by atoms with E-state index in [4.69, 9.17) is 4.74 Å². The second-order valence-electron chi connectivity index (χ2n) is 6.69. The zero-order valence-electron chi connectivity index (χ0n) is 16.1. The first-order valence-electron chi connectivity index (χ1n) is 9.28. The summed E-state index contributed by atoms with van der Waals surface area (Å²) in [5.41, 5.74) is 0.178. The first-order chi connectivity index (χ1) is 12.9. The average Bonchev–Trinajstić information content (AvgIpc) is 2.65. The molecule has 0 bridgehead atoms. The van der Waals surface area contributed by atoms with Crippen molar-refractivity contribution in [3.8, 4) is 0 Å². The third-order valence-electron chi connectivity index (χ3n) is 4.56. The molecule has 0 saturated carbocycles. The van der Waals surface area contributed by atoms with Gasteiger partial charge in [0.2, 0.25) is 0 Å². The van der Waals surface area contributed by atoms with Crippen molar-refractivity contribution in [2.75, 3.05) is 53.5 Å². The molecule has 0 atom stereocenters. The maximum atomic E-state index is 12.6. The maximum Gasteiger partial charge on any atom is 0.416 e. The molecule has 1 aliphatic rings. The van der Waals surface area contributed by atoms with Crippen LogP contribution in [0.3, 0.4) is 0 Å². The van der Waals surface area contributed by atoms with E-state index in [2.05, 4.69) is 15.2 Å². The van der Waals surface area contributed by atoms with Crippen molar-refractivity contribution in [3.05, 3.63) is 35.4 Å². The highest BCUT2D eigenvalue weighted by atomic mass is 19.4. The summed E-state index contributed by atoms with van der Waals surface area (Å²) in [5.74, 6) is 0.737. The van der Waals surface area contributed by atoms with Crippen molar-refractivity contribution < 1.29 is 17.9 Å². The molecule has 5 nitrogen and oxygen atoms in total. The predicted octanol–water partition coefficient (Wildman–Crippen LogP) is 2.83. The number of hydrogen-bond acceptors (Lipinski definition) is 3. The summed E-state index contributed by atoms with van der Waals surface area (Å²) in [6, 6.07) is 5.25. The van der Waals surface area contributed by atoms with E-state index in [1.807, 2.05) is 11.9 Å². The minimum atomic E-state index is -4.30. The quantitative estimate of drug-likeness (QED) is 0.444. The van der Waals surface area contributed by atoms with Gasteiger partial charge in [0.25, 0.3) is 0 Å². The minimum absolute atomic E-state index is 0.492. The molecule has 2 rings (SSSR count). The second-order valence-corrected chi connectivity index (χ2v) is 6.69. The number of hydrogen-bond donors (Lipinski definition) is 1. The van der Waals surface area contributed by atoms with E-state index in [0.717, 1.165) is 75.9 Å². The van der Waals surface area contributed by atoms with Crippen LogP contribution in [0.2, 0.25) is 0 Å². The summed E-state index contributed by atoms with van der Waals surface area (Å²) in [5, 5.41) is 3.32. The Balaban J connectivity index is 1.71. The highest BCUT2D eigenvalue weighted by molar-refractivity contribution is 5.79. The van der Waals surface area contributed by atoms with Crippen molar-refractivity contribution in [2.45, 2.75) is 25.6 Å². The second kappa shape index (κ2) is 10.5. The van der Waals surface area contributed by atoms with Crippen LogP contribution in [-0.2, 0) is 17.5 Å². The molecule has 1 aliphatic heterocycles. The molecule has 1 saturated heterocycles. The lowest BCUT2D eigenvalue weighted by Gasteiger charge is -2.26. The van der Waals surface area contributed by atoms with Crippen LogP contribution in [-0.4, -0.2) is 69.2 Å². The minimum Gasteiger partial charge on any atom is -0.379 e. The van der Waals surface area contributed by atoms with Gasteiger partial charge in [0, 0.05) is 40.3 Å². The van der Waals surface area contributed by atoms with Crippen LogP contribution in [0.5, 0.6) is 0 Å². The molecule has 1 fully saturated rings. The molecular weight excluding hydrogens is 357 g/mol. The standard InChI is InChI=1S/C19H29F3N4O/c1-23-18(24-9-3-4-10-26-11-13-27-14-12-26)25(2)15-16-5-7-17(8-6-16)19(20,21)22/h5-8H,3-4,9-15H2,1-2H3,(H,23,24). The van der Waals surface area contributed by atoms with Crippen LogP contribution in [0.4, 0.5) is 13.2 Å². The van der Waals surface area contributed by atoms with Gasteiger partial charge in [-0.1, -0.05) is 12.1 Å². The highest BCUT2D eigenvalue weighted by Gasteiger charge is 2.29. The molecule has 0 unspecified atom stereocenters. The number of aliphatic imine (C=N–C) groups is 1. The van der Waals surface area contributed by atoms with Crippen molar-refractivity contribution in [3.63, 3.8) is 0 Å². The zero-order chi connectivity index (χ0) is 19.7. The first kappa shape index (κ1) is 21.5. The number of benzene rings is 1. The van der Waals surface area contributed by atoms with Gasteiger partial charge in [0.15, 0.2) is 5.96 Å². The number of guanidine groups is 1. The first-order valence-corrected chi connectivity index (χ1v) is 9.28. The number of ether oxygens (including phenoxy) is 1. The van der Waals surface area contributed by atoms with Gasteiger partial charge in [-0.25, -0.2) is 0 Å². The molecule has 0 aromatic heterocycles. The van der Waals surface area contributed by atoms with E-state index in [1.54, 1.807) is 7.05 Å². The van der Waals surface area contributed by atoms with E-state index < -0.39 is 11.7 Å². The molecular formula is C19H29F3N4O. The predicted molar refractivity (Wildman–Crippen MR) is 101 cm³/mol. The van der Waals surface area contributed by atoms with E-state index >= 15 is 0 Å². The fraction of sp³-hybridized carbons (Fsp3) is 0.632. The number of unbranched alkanes of at least 4 members (excludes halogenated alkanes) is 1. The van der Waals surface area contributed by atoms with Gasteiger partial charge in [0.1, 0.15) is 0 Å². The van der Waals surface area contributed by atoms with Crippen LogP contribution in [0.25, 0.3) is 0 Å².